The zero-order valence-corrected chi connectivity index (χ0v) is 12.9. The van der Waals surface area contributed by atoms with Gasteiger partial charge in [0.05, 0.1) is 11.1 Å². The molecule has 110 valence electrons. The Balaban J connectivity index is 2.09. The number of pyridine rings is 1. The molecule has 4 nitrogen and oxygen atoms in total. The van der Waals surface area contributed by atoms with Crippen molar-refractivity contribution in [3.05, 3.63) is 35.9 Å². The van der Waals surface area contributed by atoms with E-state index in [1.54, 1.807) is 0 Å². The highest BCUT2D eigenvalue weighted by atomic mass is 15.1. The summed E-state index contributed by atoms with van der Waals surface area (Å²) in [6.45, 7) is 6.11. The minimum Gasteiger partial charge on any atom is -0.368 e. The number of anilines is 1. The van der Waals surface area contributed by atoms with Crippen LogP contribution in [-0.4, -0.2) is 36.1 Å². The van der Waals surface area contributed by atoms with Gasteiger partial charge >= 0.3 is 0 Å². The van der Waals surface area contributed by atoms with Crippen LogP contribution >= 0.6 is 0 Å². The number of nitriles is 1. The third-order valence-corrected chi connectivity index (χ3v) is 3.94. The Morgan fingerprint density at radius 1 is 1.38 bits per heavy atom. The van der Waals surface area contributed by atoms with E-state index in [1.165, 1.54) is 0 Å². The number of para-hydroxylation sites is 1. The number of likely N-dealkylation sites (N-methyl/N-ethyl adjacent to an activating group) is 1. The standard InChI is InChI=1S/C17H22N4/c1-4-13(2)21(3)10-9-19-17-15(12-18)11-14-7-5-6-8-16(14)20-17/h5-8,11,13H,4,9-10H2,1-3H3,(H,19,20). The molecule has 0 saturated carbocycles. The molecule has 2 rings (SSSR count). The number of hydrogen-bond donors (Lipinski definition) is 1. The van der Waals surface area contributed by atoms with Crippen LogP contribution in [0.5, 0.6) is 0 Å². The van der Waals surface area contributed by atoms with Crippen molar-refractivity contribution in [2.75, 3.05) is 25.5 Å². The zero-order valence-electron chi connectivity index (χ0n) is 12.9. The van der Waals surface area contributed by atoms with Crippen LogP contribution in [0.15, 0.2) is 30.3 Å². The highest BCUT2D eigenvalue weighted by Crippen LogP contribution is 2.19. The number of fused-ring (bicyclic) bond motifs is 1. The minimum absolute atomic E-state index is 0.562. The first-order valence-corrected chi connectivity index (χ1v) is 7.39. The molecule has 0 fully saturated rings. The van der Waals surface area contributed by atoms with Gasteiger partial charge in [0.25, 0.3) is 0 Å². The van der Waals surface area contributed by atoms with Gasteiger partial charge in [-0.3, -0.25) is 0 Å². The molecular weight excluding hydrogens is 260 g/mol. The molecule has 2 aromatic rings. The molecule has 4 heteroatoms. The summed E-state index contributed by atoms with van der Waals surface area (Å²) in [4.78, 5) is 6.86. The van der Waals surface area contributed by atoms with Crippen LogP contribution in [0, 0.1) is 11.3 Å². The molecule has 0 aliphatic carbocycles. The molecule has 0 radical (unpaired) electrons. The lowest BCUT2D eigenvalue weighted by molar-refractivity contribution is 0.261. The molecule has 0 bridgehead atoms. The van der Waals surface area contributed by atoms with Crippen molar-refractivity contribution in [1.29, 1.82) is 5.26 Å². The van der Waals surface area contributed by atoms with Crippen LogP contribution in [0.25, 0.3) is 10.9 Å². The van der Waals surface area contributed by atoms with E-state index < -0.39 is 0 Å². The first-order chi connectivity index (χ1) is 10.2. The molecule has 1 unspecified atom stereocenters. The van der Waals surface area contributed by atoms with Crippen LogP contribution in [0.2, 0.25) is 0 Å². The van der Waals surface area contributed by atoms with Crippen LogP contribution in [-0.2, 0) is 0 Å². The summed E-state index contributed by atoms with van der Waals surface area (Å²) in [5.74, 6) is 0.675. The molecule has 1 atom stereocenters. The van der Waals surface area contributed by atoms with Gasteiger partial charge in [0.1, 0.15) is 11.9 Å². The van der Waals surface area contributed by atoms with Crippen molar-refractivity contribution in [2.45, 2.75) is 26.3 Å². The van der Waals surface area contributed by atoms with E-state index in [0.29, 0.717) is 17.4 Å². The summed E-state index contributed by atoms with van der Waals surface area (Å²) < 4.78 is 0. The summed E-state index contributed by atoms with van der Waals surface area (Å²) in [5.41, 5.74) is 1.51. The smallest absolute Gasteiger partial charge is 0.144 e. The summed E-state index contributed by atoms with van der Waals surface area (Å²) in [5, 5.41) is 13.6. The van der Waals surface area contributed by atoms with Gasteiger partial charge < -0.3 is 10.2 Å². The van der Waals surface area contributed by atoms with Gasteiger partial charge in [-0.15, -0.1) is 0 Å². The molecular formula is C17H22N4. The lowest BCUT2D eigenvalue weighted by Gasteiger charge is -2.23. The molecule has 0 amide bonds. The molecule has 1 aromatic carbocycles. The molecule has 1 N–H and O–H groups in total. The van der Waals surface area contributed by atoms with Crippen LogP contribution in [0.3, 0.4) is 0 Å². The quantitative estimate of drug-likeness (QED) is 0.883. The summed E-state index contributed by atoms with van der Waals surface area (Å²) in [6, 6.07) is 12.5. The fourth-order valence-electron chi connectivity index (χ4n) is 2.22. The maximum absolute atomic E-state index is 9.27. The maximum atomic E-state index is 9.27. The summed E-state index contributed by atoms with van der Waals surface area (Å²) >= 11 is 0. The zero-order chi connectivity index (χ0) is 15.2. The SMILES string of the molecule is CCC(C)N(C)CCNc1nc2ccccc2cc1C#N. The van der Waals surface area contributed by atoms with Gasteiger partial charge in [-0.05, 0) is 32.5 Å². The summed E-state index contributed by atoms with van der Waals surface area (Å²) in [7, 11) is 2.12. The molecule has 0 spiro atoms. The lowest BCUT2D eigenvalue weighted by atomic mass is 10.1. The van der Waals surface area contributed by atoms with Crippen molar-refractivity contribution in [2.24, 2.45) is 0 Å². The van der Waals surface area contributed by atoms with Gasteiger partial charge in [0, 0.05) is 24.5 Å². The van der Waals surface area contributed by atoms with E-state index in [1.807, 2.05) is 30.3 Å². The van der Waals surface area contributed by atoms with E-state index in [2.05, 4.69) is 42.2 Å². The molecule has 0 aliphatic rings. The minimum atomic E-state index is 0.562. The summed E-state index contributed by atoms with van der Waals surface area (Å²) in [6.07, 6.45) is 1.13. The van der Waals surface area contributed by atoms with Gasteiger partial charge in [-0.2, -0.15) is 5.26 Å². The van der Waals surface area contributed by atoms with E-state index in [4.69, 9.17) is 0 Å². The van der Waals surface area contributed by atoms with Crippen LogP contribution < -0.4 is 5.32 Å². The van der Waals surface area contributed by atoms with E-state index >= 15 is 0 Å². The van der Waals surface area contributed by atoms with Crippen molar-refractivity contribution >= 4 is 16.7 Å². The second-order valence-corrected chi connectivity index (χ2v) is 5.35. The van der Waals surface area contributed by atoms with Crippen molar-refractivity contribution < 1.29 is 0 Å². The average molecular weight is 282 g/mol. The second-order valence-electron chi connectivity index (χ2n) is 5.35. The lowest BCUT2D eigenvalue weighted by Crippen LogP contribution is -2.32. The van der Waals surface area contributed by atoms with E-state index in [9.17, 15) is 5.26 Å². The average Bonchev–Trinajstić information content (AvgIpc) is 2.53. The van der Waals surface area contributed by atoms with Gasteiger partial charge in [-0.1, -0.05) is 25.1 Å². The van der Waals surface area contributed by atoms with Crippen LogP contribution in [0.1, 0.15) is 25.8 Å². The molecule has 21 heavy (non-hydrogen) atoms. The Morgan fingerprint density at radius 3 is 2.86 bits per heavy atom. The number of aromatic nitrogens is 1. The van der Waals surface area contributed by atoms with Gasteiger partial charge in [-0.25, -0.2) is 4.98 Å². The number of rotatable bonds is 6. The highest BCUT2D eigenvalue weighted by Gasteiger charge is 2.08. The first-order valence-electron chi connectivity index (χ1n) is 7.39. The Bertz CT molecular complexity index is 645. The van der Waals surface area contributed by atoms with E-state index in [0.717, 1.165) is 30.4 Å². The van der Waals surface area contributed by atoms with Gasteiger partial charge in [0.15, 0.2) is 0 Å². The predicted octanol–water partition coefficient (Wildman–Crippen LogP) is 3.25. The van der Waals surface area contributed by atoms with Crippen LogP contribution in [0.4, 0.5) is 5.82 Å². The number of hydrogen-bond acceptors (Lipinski definition) is 4. The Morgan fingerprint density at radius 2 is 2.14 bits per heavy atom. The number of nitrogens with zero attached hydrogens (tertiary/aromatic N) is 3. The third kappa shape index (κ3) is 3.71. The largest absolute Gasteiger partial charge is 0.368 e. The fourth-order valence-corrected chi connectivity index (χ4v) is 2.22. The monoisotopic (exact) mass is 282 g/mol. The van der Waals surface area contributed by atoms with Crippen molar-refractivity contribution in [3.8, 4) is 6.07 Å². The van der Waals surface area contributed by atoms with E-state index in [-0.39, 0.29) is 0 Å². The van der Waals surface area contributed by atoms with Crippen molar-refractivity contribution in [3.63, 3.8) is 0 Å². The van der Waals surface area contributed by atoms with Gasteiger partial charge in [0.2, 0.25) is 0 Å². The number of benzene rings is 1. The first kappa shape index (κ1) is 15.3. The third-order valence-electron chi connectivity index (χ3n) is 3.94. The predicted molar refractivity (Wildman–Crippen MR) is 87.3 cm³/mol. The Kier molecular flexibility index (Phi) is 5.13. The highest BCUT2D eigenvalue weighted by molar-refractivity contribution is 5.82. The maximum Gasteiger partial charge on any atom is 0.144 e. The Labute approximate surface area is 126 Å². The molecule has 1 aromatic heterocycles. The molecule has 0 saturated heterocycles. The molecule has 0 aliphatic heterocycles. The topological polar surface area (TPSA) is 52.0 Å². The molecule has 1 heterocycles. The van der Waals surface area contributed by atoms with Crippen molar-refractivity contribution in [1.82, 2.24) is 9.88 Å². The second kappa shape index (κ2) is 7.05. The Hall–Kier alpha value is -2.12. The number of nitrogens with one attached hydrogen (secondary N) is 1. The fraction of sp³-hybridized carbons (Fsp3) is 0.412. The normalized spacial score (nSPS) is 12.3.